The average Bonchev–Trinajstić information content (AvgIpc) is 2.90. The zero-order valence-corrected chi connectivity index (χ0v) is 19.1. The summed E-state index contributed by atoms with van der Waals surface area (Å²) >= 11 is 17.9. The van der Waals surface area contributed by atoms with Gasteiger partial charge < -0.3 is 9.47 Å². The molecule has 0 fully saturated rings. The molecule has 0 aliphatic rings. The van der Waals surface area contributed by atoms with Crippen molar-refractivity contribution in [3.8, 4) is 17.0 Å². The monoisotopic (exact) mass is 596 g/mol. The third-order valence-corrected chi connectivity index (χ3v) is 4.20. The Balaban J connectivity index is 0.000000816. The fourth-order valence-electron chi connectivity index (χ4n) is 1.68. The number of rotatable bonds is 4. The van der Waals surface area contributed by atoms with Crippen molar-refractivity contribution < 1.29 is 25.6 Å². The summed E-state index contributed by atoms with van der Waals surface area (Å²) in [4.78, 5) is 16.7. The van der Waals surface area contributed by atoms with Gasteiger partial charge in [0.25, 0.3) is 0 Å². The van der Waals surface area contributed by atoms with Gasteiger partial charge in [-0.05, 0) is 41.1 Å². The normalized spacial score (nSPS) is 10.0. The molecule has 2 aromatic rings. The maximum atomic E-state index is 12.0. The number of methoxy groups -OCH3 is 1. The Labute approximate surface area is 172 Å². The number of benzene rings is 1. The SMILES string of the molecule is CCOC(=O)c1sc(Br)nc1-c1cc(Cl)ccc1OC.[Br][Cu][Br]. The van der Waals surface area contributed by atoms with Crippen molar-refractivity contribution in [1.29, 1.82) is 0 Å². The van der Waals surface area contributed by atoms with Gasteiger partial charge in [-0.2, -0.15) is 0 Å². The Hall–Kier alpha value is 0.369. The summed E-state index contributed by atoms with van der Waals surface area (Å²) in [6.45, 7) is 2.06. The second-order valence-corrected chi connectivity index (χ2v) is 11.2. The van der Waals surface area contributed by atoms with Gasteiger partial charge in [0.1, 0.15) is 16.3 Å². The van der Waals surface area contributed by atoms with E-state index in [9.17, 15) is 4.79 Å². The van der Waals surface area contributed by atoms with Crippen LogP contribution in [0.3, 0.4) is 0 Å². The van der Waals surface area contributed by atoms with Gasteiger partial charge in [-0.15, -0.1) is 0 Å². The molecule has 0 N–H and O–H groups in total. The van der Waals surface area contributed by atoms with Crippen molar-refractivity contribution in [2.45, 2.75) is 6.92 Å². The number of halogens is 4. The quantitative estimate of drug-likeness (QED) is 0.315. The van der Waals surface area contributed by atoms with E-state index >= 15 is 0 Å². The van der Waals surface area contributed by atoms with Crippen molar-refractivity contribution in [2.24, 2.45) is 0 Å². The Morgan fingerprint density at radius 1 is 1.43 bits per heavy atom. The molecule has 0 saturated carbocycles. The van der Waals surface area contributed by atoms with Crippen LogP contribution in [-0.2, 0) is 16.1 Å². The molecule has 0 unspecified atom stereocenters. The molecule has 0 radical (unpaired) electrons. The van der Waals surface area contributed by atoms with Gasteiger partial charge in [-0.3, -0.25) is 0 Å². The zero-order valence-electron chi connectivity index (χ0n) is 11.8. The number of hydrogen-bond acceptors (Lipinski definition) is 5. The number of aromatic nitrogens is 1. The van der Waals surface area contributed by atoms with Crippen molar-refractivity contribution in [1.82, 2.24) is 4.98 Å². The first-order valence-corrected chi connectivity index (χ1v) is 12.6. The molecule has 10 heteroatoms. The summed E-state index contributed by atoms with van der Waals surface area (Å²) in [5.74, 6) is 0.186. The predicted molar refractivity (Wildman–Crippen MR) is 101 cm³/mol. The van der Waals surface area contributed by atoms with Gasteiger partial charge in [0.2, 0.25) is 0 Å². The van der Waals surface area contributed by atoms with Crippen LogP contribution >= 0.6 is 67.1 Å². The molecule has 0 saturated heterocycles. The Bertz CT molecular complexity index is 672. The van der Waals surface area contributed by atoms with E-state index in [1.165, 1.54) is 22.7 Å². The average molecular weight is 600 g/mol. The van der Waals surface area contributed by atoms with Crippen LogP contribution in [0.2, 0.25) is 5.02 Å². The summed E-state index contributed by atoms with van der Waals surface area (Å²) in [6.07, 6.45) is 0. The van der Waals surface area contributed by atoms with E-state index in [4.69, 9.17) is 21.1 Å². The summed E-state index contributed by atoms with van der Waals surface area (Å²) in [7, 11) is 1.55. The summed E-state index contributed by atoms with van der Waals surface area (Å²) in [5, 5.41) is 0.541. The van der Waals surface area contributed by atoms with Crippen molar-refractivity contribution in [3.63, 3.8) is 0 Å². The minimum absolute atomic E-state index is 0.306. The number of ether oxygens (including phenoxy) is 2. The fourth-order valence-corrected chi connectivity index (χ4v) is 3.21. The van der Waals surface area contributed by atoms with Gasteiger partial charge in [-0.1, -0.05) is 22.9 Å². The van der Waals surface area contributed by atoms with E-state index in [2.05, 4.69) is 49.1 Å². The number of hydrogen-bond donors (Lipinski definition) is 0. The molecule has 2 rings (SSSR count). The van der Waals surface area contributed by atoms with Crippen LogP contribution in [0.25, 0.3) is 11.3 Å². The molecule has 0 atom stereocenters. The Morgan fingerprint density at radius 3 is 2.65 bits per heavy atom. The third-order valence-electron chi connectivity index (χ3n) is 2.48. The summed E-state index contributed by atoms with van der Waals surface area (Å²) in [6, 6.07) is 5.17. The topological polar surface area (TPSA) is 48.4 Å². The molecule has 0 bridgehead atoms. The molecular weight excluding hydrogens is 589 g/mol. The van der Waals surface area contributed by atoms with Crippen LogP contribution in [0.1, 0.15) is 16.6 Å². The van der Waals surface area contributed by atoms with Gasteiger partial charge in [-0.25, -0.2) is 9.78 Å². The van der Waals surface area contributed by atoms with Crippen LogP contribution in [0.4, 0.5) is 0 Å². The van der Waals surface area contributed by atoms with E-state index in [1.807, 2.05) is 0 Å². The van der Waals surface area contributed by atoms with Crippen LogP contribution in [0.15, 0.2) is 22.1 Å². The van der Waals surface area contributed by atoms with E-state index in [1.54, 1.807) is 32.2 Å². The van der Waals surface area contributed by atoms with Crippen molar-refractivity contribution in [2.75, 3.05) is 13.7 Å². The van der Waals surface area contributed by atoms with Crippen LogP contribution in [0, 0.1) is 0 Å². The predicted octanol–water partition coefficient (Wildman–Crippen LogP) is 6.10. The molecule has 1 aromatic carbocycles. The van der Waals surface area contributed by atoms with Gasteiger partial charge in [0.15, 0.2) is 3.92 Å². The molecular formula is C13H11Br3ClCuNO3S. The molecule has 4 nitrogen and oxygen atoms in total. The first-order chi connectivity index (χ1) is 11.0. The molecule has 1 heterocycles. The van der Waals surface area contributed by atoms with E-state index in [0.29, 0.717) is 37.4 Å². The first-order valence-electron chi connectivity index (χ1n) is 5.97. The summed E-state index contributed by atoms with van der Waals surface area (Å²) in [5.41, 5.74) is 1.16. The van der Waals surface area contributed by atoms with Crippen LogP contribution < -0.4 is 4.74 Å². The Kier molecular flexibility index (Phi) is 10.3. The standard InChI is InChI=1S/C13H11BrClNO3S.2BrH.Cu/c1-3-19-12(17)11-10(16-13(14)20-11)8-6-7(15)4-5-9(8)18-2;;;/h4-6H,3H2,1-2H3;2*1H;/q;;;+2/p-2. The van der Waals surface area contributed by atoms with Gasteiger partial charge >= 0.3 is 45.5 Å². The van der Waals surface area contributed by atoms with Gasteiger partial charge in [0, 0.05) is 10.6 Å². The molecule has 0 amide bonds. The first kappa shape index (κ1) is 21.4. The number of thiazole rings is 1. The van der Waals surface area contributed by atoms with Crippen LogP contribution in [0.5, 0.6) is 5.75 Å². The summed E-state index contributed by atoms with van der Waals surface area (Å²) < 4.78 is 10.9. The number of esters is 1. The molecule has 0 aliphatic heterocycles. The molecule has 0 aliphatic carbocycles. The number of nitrogens with zero attached hydrogens (tertiary/aromatic N) is 1. The molecule has 1 aromatic heterocycles. The van der Waals surface area contributed by atoms with Crippen molar-refractivity contribution in [3.05, 3.63) is 32.0 Å². The third kappa shape index (κ3) is 6.30. The molecule has 131 valence electrons. The maximum absolute atomic E-state index is 12.0. The minimum atomic E-state index is -0.410. The number of carbonyl (C=O) groups is 1. The molecule has 0 spiro atoms. The zero-order chi connectivity index (χ0) is 17.4. The van der Waals surface area contributed by atoms with E-state index in [-0.39, 0.29) is 0 Å². The Morgan fingerprint density at radius 2 is 2.09 bits per heavy atom. The van der Waals surface area contributed by atoms with E-state index in [0.717, 1.165) is 0 Å². The van der Waals surface area contributed by atoms with E-state index < -0.39 is 5.97 Å². The molecule has 23 heavy (non-hydrogen) atoms. The van der Waals surface area contributed by atoms with Crippen molar-refractivity contribution >= 4 is 73.1 Å². The fraction of sp³-hybridized carbons (Fsp3) is 0.231. The second-order valence-electron chi connectivity index (χ2n) is 3.75. The second kappa shape index (κ2) is 11.1. The number of carbonyl (C=O) groups excluding carboxylic acids is 1. The van der Waals surface area contributed by atoms with Gasteiger partial charge in [0.05, 0.1) is 13.7 Å². The van der Waals surface area contributed by atoms with Crippen LogP contribution in [-0.4, -0.2) is 24.7 Å².